The van der Waals surface area contributed by atoms with Gasteiger partial charge in [-0.3, -0.25) is 0 Å². The van der Waals surface area contributed by atoms with Gasteiger partial charge in [0.2, 0.25) is 0 Å². The first kappa shape index (κ1) is 11.9. The minimum atomic E-state index is 0.00962. The zero-order valence-electron chi connectivity index (χ0n) is 10.7. The predicted molar refractivity (Wildman–Crippen MR) is 67.1 cm³/mol. The van der Waals surface area contributed by atoms with E-state index in [4.69, 9.17) is 9.47 Å². The van der Waals surface area contributed by atoms with Crippen LogP contribution in [0.3, 0.4) is 0 Å². The standard InChI is InChI=1S/C14H25NO2/c1-2-4-12(5-3-1)10-13-14(6-8-16-11-14)17-9-7-15-13/h12-13,15H,1-11H2. The maximum atomic E-state index is 6.09. The zero-order chi connectivity index (χ0) is 11.6. The summed E-state index contributed by atoms with van der Waals surface area (Å²) >= 11 is 0. The molecule has 98 valence electrons. The molecule has 1 N–H and O–H groups in total. The highest BCUT2D eigenvalue weighted by atomic mass is 16.6. The Kier molecular flexibility index (Phi) is 3.69. The average Bonchev–Trinajstić information content (AvgIpc) is 2.83. The minimum absolute atomic E-state index is 0.00962. The van der Waals surface area contributed by atoms with Crippen molar-refractivity contribution in [2.24, 2.45) is 5.92 Å². The fourth-order valence-corrected chi connectivity index (χ4v) is 3.78. The van der Waals surface area contributed by atoms with Crippen molar-refractivity contribution in [2.75, 3.05) is 26.4 Å². The Morgan fingerprint density at radius 3 is 2.76 bits per heavy atom. The molecule has 3 heteroatoms. The summed E-state index contributed by atoms with van der Waals surface area (Å²) in [6.07, 6.45) is 9.54. The van der Waals surface area contributed by atoms with Crippen molar-refractivity contribution in [1.29, 1.82) is 0 Å². The molecule has 3 aliphatic rings. The third kappa shape index (κ3) is 2.51. The highest BCUT2D eigenvalue weighted by molar-refractivity contribution is 4.99. The molecule has 3 nitrogen and oxygen atoms in total. The summed E-state index contributed by atoms with van der Waals surface area (Å²) in [4.78, 5) is 0. The molecule has 1 spiro atoms. The molecule has 2 unspecified atom stereocenters. The SMILES string of the molecule is C1CCC(CC2NCCOC23CCOC3)CC1. The van der Waals surface area contributed by atoms with Gasteiger partial charge in [0.1, 0.15) is 5.60 Å². The number of nitrogens with one attached hydrogen (secondary N) is 1. The van der Waals surface area contributed by atoms with Gasteiger partial charge < -0.3 is 14.8 Å². The van der Waals surface area contributed by atoms with Gasteiger partial charge in [-0.1, -0.05) is 32.1 Å². The molecule has 2 heterocycles. The summed E-state index contributed by atoms with van der Waals surface area (Å²) in [7, 11) is 0. The quantitative estimate of drug-likeness (QED) is 0.800. The molecular weight excluding hydrogens is 214 g/mol. The van der Waals surface area contributed by atoms with E-state index in [1.54, 1.807) is 0 Å². The van der Waals surface area contributed by atoms with Gasteiger partial charge in [0.25, 0.3) is 0 Å². The van der Waals surface area contributed by atoms with E-state index in [-0.39, 0.29) is 5.60 Å². The third-order valence-electron chi connectivity index (χ3n) is 4.83. The first-order chi connectivity index (χ1) is 8.39. The van der Waals surface area contributed by atoms with Crippen LogP contribution in [-0.4, -0.2) is 38.0 Å². The molecule has 0 aromatic heterocycles. The molecule has 2 aliphatic heterocycles. The van der Waals surface area contributed by atoms with E-state index in [9.17, 15) is 0 Å². The number of hydrogen-bond acceptors (Lipinski definition) is 3. The molecule has 3 fully saturated rings. The Balaban J connectivity index is 1.62. The largest absolute Gasteiger partial charge is 0.378 e. The van der Waals surface area contributed by atoms with Gasteiger partial charge in [-0.2, -0.15) is 0 Å². The molecule has 0 aromatic rings. The number of morpholine rings is 1. The fraction of sp³-hybridized carbons (Fsp3) is 1.00. The zero-order valence-corrected chi connectivity index (χ0v) is 10.7. The molecule has 17 heavy (non-hydrogen) atoms. The summed E-state index contributed by atoms with van der Waals surface area (Å²) in [5, 5.41) is 3.69. The minimum Gasteiger partial charge on any atom is -0.378 e. The van der Waals surface area contributed by atoms with E-state index in [0.717, 1.165) is 38.7 Å². The van der Waals surface area contributed by atoms with Crippen molar-refractivity contribution in [3.8, 4) is 0 Å². The lowest BCUT2D eigenvalue weighted by atomic mass is 9.79. The molecule has 1 aliphatic carbocycles. The molecule has 3 rings (SSSR count). The molecule has 2 atom stereocenters. The van der Waals surface area contributed by atoms with E-state index >= 15 is 0 Å². The van der Waals surface area contributed by atoms with Crippen molar-refractivity contribution in [2.45, 2.75) is 56.6 Å². The summed E-state index contributed by atoms with van der Waals surface area (Å²) < 4.78 is 11.7. The number of rotatable bonds is 2. The van der Waals surface area contributed by atoms with E-state index in [2.05, 4.69) is 5.32 Å². The summed E-state index contributed by atoms with van der Waals surface area (Å²) in [5.41, 5.74) is 0.00962. The first-order valence-electron chi connectivity index (χ1n) is 7.34. The number of ether oxygens (including phenoxy) is 2. The second-order valence-corrected chi connectivity index (χ2v) is 5.96. The van der Waals surface area contributed by atoms with Crippen LogP contribution in [0.5, 0.6) is 0 Å². The molecule has 0 aromatic carbocycles. The fourth-order valence-electron chi connectivity index (χ4n) is 3.78. The Labute approximate surface area is 104 Å². The van der Waals surface area contributed by atoms with Gasteiger partial charge in [0.05, 0.1) is 13.2 Å². The Morgan fingerprint density at radius 1 is 1.12 bits per heavy atom. The third-order valence-corrected chi connectivity index (χ3v) is 4.83. The van der Waals surface area contributed by atoms with Crippen LogP contribution >= 0.6 is 0 Å². The lowest BCUT2D eigenvalue weighted by Gasteiger charge is -2.42. The van der Waals surface area contributed by atoms with Gasteiger partial charge in [0, 0.05) is 25.6 Å². The second-order valence-electron chi connectivity index (χ2n) is 5.96. The molecule has 2 saturated heterocycles. The highest BCUT2D eigenvalue weighted by Crippen LogP contribution is 2.35. The molecule has 0 amide bonds. The van der Waals surface area contributed by atoms with Crippen LogP contribution in [0.2, 0.25) is 0 Å². The summed E-state index contributed by atoms with van der Waals surface area (Å²) in [6, 6.07) is 0.529. The smallest absolute Gasteiger partial charge is 0.109 e. The van der Waals surface area contributed by atoms with E-state index in [0.29, 0.717) is 6.04 Å². The van der Waals surface area contributed by atoms with Crippen molar-refractivity contribution in [1.82, 2.24) is 5.32 Å². The monoisotopic (exact) mass is 239 g/mol. The average molecular weight is 239 g/mol. The molecule has 0 radical (unpaired) electrons. The van der Waals surface area contributed by atoms with Crippen molar-refractivity contribution >= 4 is 0 Å². The highest BCUT2D eigenvalue weighted by Gasteiger charge is 2.45. The predicted octanol–water partition coefficient (Wildman–Crippen LogP) is 2.10. The van der Waals surface area contributed by atoms with Crippen LogP contribution in [0.15, 0.2) is 0 Å². The van der Waals surface area contributed by atoms with Crippen LogP contribution in [0, 0.1) is 5.92 Å². The van der Waals surface area contributed by atoms with Gasteiger partial charge in [-0.05, 0) is 12.3 Å². The van der Waals surface area contributed by atoms with Gasteiger partial charge >= 0.3 is 0 Å². The van der Waals surface area contributed by atoms with Crippen molar-refractivity contribution in [3.63, 3.8) is 0 Å². The lowest BCUT2D eigenvalue weighted by Crippen LogP contribution is -2.59. The topological polar surface area (TPSA) is 30.5 Å². The number of hydrogen-bond donors (Lipinski definition) is 1. The van der Waals surface area contributed by atoms with Crippen LogP contribution in [0.1, 0.15) is 44.9 Å². The molecular formula is C14H25NO2. The summed E-state index contributed by atoms with van der Waals surface area (Å²) in [6.45, 7) is 3.55. The van der Waals surface area contributed by atoms with Crippen LogP contribution in [0.25, 0.3) is 0 Å². The Morgan fingerprint density at radius 2 is 2.00 bits per heavy atom. The van der Waals surface area contributed by atoms with Gasteiger partial charge in [-0.25, -0.2) is 0 Å². The van der Waals surface area contributed by atoms with Crippen molar-refractivity contribution in [3.05, 3.63) is 0 Å². The van der Waals surface area contributed by atoms with E-state index in [1.807, 2.05) is 0 Å². The maximum Gasteiger partial charge on any atom is 0.109 e. The molecule has 0 bridgehead atoms. The lowest BCUT2D eigenvalue weighted by molar-refractivity contribution is -0.103. The van der Waals surface area contributed by atoms with Crippen LogP contribution < -0.4 is 5.32 Å². The molecule has 1 saturated carbocycles. The van der Waals surface area contributed by atoms with Crippen LogP contribution in [0.4, 0.5) is 0 Å². The van der Waals surface area contributed by atoms with Gasteiger partial charge in [0.15, 0.2) is 0 Å². The Bertz CT molecular complexity index is 245. The maximum absolute atomic E-state index is 6.09. The summed E-state index contributed by atoms with van der Waals surface area (Å²) in [5.74, 6) is 0.917. The first-order valence-corrected chi connectivity index (χ1v) is 7.34. The van der Waals surface area contributed by atoms with Crippen molar-refractivity contribution < 1.29 is 9.47 Å². The Hall–Kier alpha value is -0.120. The van der Waals surface area contributed by atoms with Gasteiger partial charge in [-0.15, -0.1) is 0 Å². The van der Waals surface area contributed by atoms with E-state index in [1.165, 1.54) is 38.5 Å². The second kappa shape index (κ2) is 5.25. The van der Waals surface area contributed by atoms with E-state index < -0.39 is 0 Å². The van der Waals surface area contributed by atoms with Crippen LogP contribution in [-0.2, 0) is 9.47 Å². The normalized spacial score (nSPS) is 39.9.